The van der Waals surface area contributed by atoms with Crippen molar-refractivity contribution >= 4 is 29.3 Å². The molecule has 0 aliphatic rings. The molecule has 7 heteroatoms. The van der Waals surface area contributed by atoms with Crippen LogP contribution in [0.3, 0.4) is 0 Å². The minimum absolute atomic E-state index is 0.188. The standard InChI is InChI=1S/C25H31N5OS/c1-6-30-19(4)23(18(3)29-30)13-14-26-25(27-21-11-8-12-22(16-21)32-5)28-24(31)20-10-7-9-17(2)15-20/h7-12,15-16H,6,13-14H2,1-5H3,(H2,26,27,28,31). The van der Waals surface area contributed by atoms with Crippen LogP contribution in [-0.4, -0.2) is 34.4 Å². The largest absolute Gasteiger partial charge is 0.326 e. The molecule has 0 aliphatic heterocycles. The second-order valence-corrected chi connectivity index (χ2v) is 8.51. The monoisotopic (exact) mass is 449 g/mol. The fourth-order valence-electron chi connectivity index (χ4n) is 3.60. The zero-order valence-electron chi connectivity index (χ0n) is 19.4. The lowest BCUT2D eigenvalue weighted by atomic mass is 10.1. The van der Waals surface area contributed by atoms with Crippen molar-refractivity contribution in [2.24, 2.45) is 4.99 Å². The highest BCUT2D eigenvalue weighted by molar-refractivity contribution is 7.98. The number of nitrogens with one attached hydrogen (secondary N) is 2. The van der Waals surface area contributed by atoms with Crippen LogP contribution >= 0.6 is 11.8 Å². The number of thioether (sulfide) groups is 1. The summed E-state index contributed by atoms with van der Waals surface area (Å²) in [5.41, 5.74) is 5.94. The van der Waals surface area contributed by atoms with E-state index in [9.17, 15) is 4.79 Å². The third-order valence-electron chi connectivity index (χ3n) is 5.31. The SMILES string of the molecule is CCn1nc(C)c(CCN=C(NC(=O)c2cccc(C)c2)Nc2cccc(SC)c2)c1C. The van der Waals surface area contributed by atoms with Gasteiger partial charge in [-0.1, -0.05) is 23.8 Å². The average Bonchev–Trinajstić information content (AvgIpc) is 3.06. The van der Waals surface area contributed by atoms with Gasteiger partial charge in [-0.05, 0) is 76.3 Å². The molecule has 2 N–H and O–H groups in total. The molecule has 3 rings (SSSR count). The van der Waals surface area contributed by atoms with Crippen LogP contribution < -0.4 is 10.6 Å². The average molecular weight is 450 g/mol. The van der Waals surface area contributed by atoms with Gasteiger partial charge in [0.2, 0.25) is 5.96 Å². The van der Waals surface area contributed by atoms with Gasteiger partial charge in [0.1, 0.15) is 0 Å². The number of guanidine groups is 1. The van der Waals surface area contributed by atoms with Crippen LogP contribution in [0.2, 0.25) is 0 Å². The minimum atomic E-state index is -0.188. The Morgan fingerprint density at radius 1 is 1.12 bits per heavy atom. The third-order valence-corrected chi connectivity index (χ3v) is 6.03. The molecular weight excluding hydrogens is 418 g/mol. The normalized spacial score (nSPS) is 11.5. The van der Waals surface area contributed by atoms with E-state index in [0.717, 1.165) is 34.8 Å². The number of aliphatic imine (C=N–C) groups is 1. The van der Waals surface area contributed by atoms with E-state index in [4.69, 9.17) is 4.99 Å². The second-order valence-electron chi connectivity index (χ2n) is 7.63. The maximum Gasteiger partial charge on any atom is 0.257 e. The first-order chi connectivity index (χ1) is 15.4. The van der Waals surface area contributed by atoms with Crippen LogP contribution in [0.1, 0.15) is 39.8 Å². The van der Waals surface area contributed by atoms with Crippen molar-refractivity contribution < 1.29 is 4.79 Å². The van der Waals surface area contributed by atoms with E-state index in [-0.39, 0.29) is 5.91 Å². The predicted molar refractivity (Wildman–Crippen MR) is 134 cm³/mol. The zero-order chi connectivity index (χ0) is 23.1. The summed E-state index contributed by atoms with van der Waals surface area (Å²) in [6.07, 6.45) is 2.79. The first-order valence-corrected chi connectivity index (χ1v) is 12.0. The van der Waals surface area contributed by atoms with E-state index >= 15 is 0 Å². The number of nitrogens with zero attached hydrogens (tertiary/aromatic N) is 3. The molecule has 0 unspecified atom stereocenters. The number of carbonyl (C=O) groups excluding carboxylic acids is 1. The van der Waals surface area contributed by atoms with Crippen LogP contribution in [0.15, 0.2) is 58.4 Å². The van der Waals surface area contributed by atoms with Gasteiger partial charge in [0.05, 0.1) is 5.69 Å². The number of benzene rings is 2. The Balaban J connectivity index is 1.80. The summed E-state index contributed by atoms with van der Waals surface area (Å²) in [5.74, 6) is 0.250. The number of hydrogen-bond donors (Lipinski definition) is 2. The molecule has 2 aromatic carbocycles. The molecule has 0 radical (unpaired) electrons. The Hall–Kier alpha value is -3.06. The Bertz CT molecular complexity index is 1120. The van der Waals surface area contributed by atoms with E-state index in [1.165, 1.54) is 11.3 Å². The van der Waals surface area contributed by atoms with Crippen molar-refractivity contribution in [2.75, 3.05) is 18.1 Å². The number of hydrogen-bond acceptors (Lipinski definition) is 4. The number of rotatable bonds is 7. The third kappa shape index (κ3) is 6.01. The molecule has 1 amide bonds. The maximum absolute atomic E-state index is 12.9. The number of anilines is 1. The highest BCUT2D eigenvalue weighted by Gasteiger charge is 2.12. The summed E-state index contributed by atoms with van der Waals surface area (Å²) in [6.45, 7) is 9.57. The molecule has 0 saturated heterocycles. The van der Waals surface area contributed by atoms with Gasteiger partial charge >= 0.3 is 0 Å². The van der Waals surface area contributed by atoms with E-state index in [1.54, 1.807) is 17.8 Å². The summed E-state index contributed by atoms with van der Waals surface area (Å²) >= 11 is 1.67. The second kappa shape index (κ2) is 11.0. The lowest BCUT2D eigenvalue weighted by Crippen LogP contribution is -2.36. The van der Waals surface area contributed by atoms with Gasteiger partial charge < -0.3 is 5.32 Å². The fourth-order valence-corrected chi connectivity index (χ4v) is 4.06. The Labute approximate surface area is 194 Å². The molecule has 0 fully saturated rings. The molecule has 3 aromatic rings. The Morgan fingerprint density at radius 2 is 1.91 bits per heavy atom. The molecule has 0 spiro atoms. The van der Waals surface area contributed by atoms with E-state index in [2.05, 4.69) is 35.6 Å². The lowest BCUT2D eigenvalue weighted by Gasteiger charge is -2.13. The smallest absolute Gasteiger partial charge is 0.257 e. The van der Waals surface area contributed by atoms with Crippen molar-refractivity contribution in [3.05, 3.63) is 76.6 Å². The van der Waals surface area contributed by atoms with Gasteiger partial charge in [0.15, 0.2) is 0 Å². The minimum Gasteiger partial charge on any atom is -0.326 e. The molecule has 1 heterocycles. The summed E-state index contributed by atoms with van der Waals surface area (Å²) in [7, 11) is 0. The van der Waals surface area contributed by atoms with Crippen LogP contribution in [0, 0.1) is 20.8 Å². The molecule has 0 saturated carbocycles. The van der Waals surface area contributed by atoms with Crippen LogP contribution in [0.5, 0.6) is 0 Å². The van der Waals surface area contributed by atoms with E-state index in [0.29, 0.717) is 18.1 Å². The van der Waals surface area contributed by atoms with E-state index < -0.39 is 0 Å². The number of aromatic nitrogens is 2. The van der Waals surface area contributed by atoms with Gasteiger partial charge in [-0.15, -0.1) is 11.8 Å². The van der Waals surface area contributed by atoms with Gasteiger partial charge in [-0.25, -0.2) is 0 Å². The molecular formula is C25H31N5OS. The summed E-state index contributed by atoms with van der Waals surface area (Å²) < 4.78 is 2.01. The van der Waals surface area contributed by atoms with Crippen LogP contribution in [0.25, 0.3) is 0 Å². The van der Waals surface area contributed by atoms with Crippen molar-refractivity contribution in [1.82, 2.24) is 15.1 Å². The Morgan fingerprint density at radius 3 is 2.59 bits per heavy atom. The quantitative estimate of drug-likeness (QED) is 0.303. The number of amides is 1. The Kier molecular flexibility index (Phi) is 8.11. The number of carbonyl (C=O) groups is 1. The van der Waals surface area contributed by atoms with Crippen molar-refractivity contribution in [1.29, 1.82) is 0 Å². The molecule has 1 aromatic heterocycles. The lowest BCUT2D eigenvalue weighted by molar-refractivity contribution is 0.0977. The topological polar surface area (TPSA) is 71.3 Å². The predicted octanol–water partition coefficient (Wildman–Crippen LogP) is 4.99. The highest BCUT2D eigenvalue weighted by Crippen LogP contribution is 2.19. The number of aryl methyl sites for hydroxylation is 3. The molecule has 0 aliphatic carbocycles. The molecule has 32 heavy (non-hydrogen) atoms. The van der Waals surface area contributed by atoms with Gasteiger partial charge in [0, 0.05) is 34.9 Å². The van der Waals surface area contributed by atoms with Crippen molar-refractivity contribution in [2.45, 2.75) is 45.6 Å². The summed E-state index contributed by atoms with van der Waals surface area (Å²) in [4.78, 5) is 18.7. The fraction of sp³-hybridized carbons (Fsp3) is 0.320. The maximum atomic E-state index is 12.9. The molecule has 6 nitrogen and oxygen atoms in total. The molecule has 0 atom stereocenters. The van der Waals surface area contributed by atoms with Crippen LogP contribution in [-0.2, 0) is 13.0 Å². The van der Waals surface area contributed by atoms with Crippen molar-refractivity contribution in [3.63, 3.8) is 0 Å². The first kappa shape index (κ1) is 23.6. The van der Waals surface area contributed by atoms with Gasteiger partial charge in [0.25, 0.3) is 5.91 Å². The highest BCUT2D eigenvalue weighted by atomic mass is 32.2. The molecule has 168 valence electrons. The zero-order valence-corrected chi connectivity index (χ0v) is 20.2. The van der Waals surface area contributed by atoms with Crippen molar-refractivity contribution in [3.8, 4) is 0 Å². The summed E-state index contributed by atoms with van der Waals surface area (Å²) in [6, 6.07) is 15.6. The first-order valence-electron chi connectivity index (χ1n) is 10.8. The van der Waals surface area contributed by atoms with Gasteiger partial charge in [-0.3, -0.25) is 19.8 Å². The van der Waals surface area contributed by atoms with Crippen LogP contribution in [0.4, 0.5) is 5.69 Å². The molecule has 0 bridgehead atoms. The van der Waals surface area contributed by atoms with E-state index in [1.807, 2.05) is 61.2 Å². The summed E-state index contributed by atoms with van der Waals surface area (Å²) in [5, 5.41) is 10.8. The van der Waals surface area contributed by atoms with Gasteiger partial charge in [-0.2, -0.15) is 5.10 Å².